The number of ketones is 1. The third-order valence-electron chi connectivity index (χ3n) is 1.91. The summed E-state index contributed by atoms with van der Waals surface area (Å²) in [6, 6.07) is 3.53. The van der Waals surface area contributed by atoms with Crippen LogP contribution in [0.15, 0.2) is 18.2 Å². The lowest BCUT2D eigenvalue weighted by Gasteiger charge is -2.03. The number of rotatable bonds is 3. The van der Waals surface area contributed by atoms with Crippen LogP contribution in [0.5, 0.6) is 0 Å². The maximum absolute atomic E-state index is 13.2. The van der Waals surface area contributed by atoms with E-state index in [1.807, 2.05) is 0 Å². The Morgan fingerprint density at radius 3 is 2.57 bits per heavy atom. The van der Waals surface area contributed by atoms with Gasteiger partial charge in [-0.2, -0.15) is 0 Å². The number of hydrogen-bond acceptors (Lipinski definition) is 3. The molecule has 0 atom stereocenters. The van der Waals surface area contributed by atoms with Gasteiger partial charge in [-0.25, -0.2) is 4.39 Å². The lowest BCUT2D eigenvalue weighted by molar-refractivity contribution is 0.0984. The van der Waals surface area contributed by atoms with E-state index in [2.05, 4.69) is 0 Å². The van der Waals surface area contributed by atoms with Gasteiger partial charge in [0.15, 0.2) is 5.78 Å². The first-order valence-electron chi connectivity index (χ1n) is 4.25. The summed E-state index contributed by atoms with van der Waals surface area (Å²) >= 11 is 0. The van der Waals surface area contributed by atoms with E-state index in [0.717, 1.165) is 6.07 Å². The lowest BCUT2D eigenvalue weighted by Crippen LogP contribution is -2.30. The largest absolute Gasteiger partial charge is 0.488 e. The highest BCUT2D eigenvalue weighted by Gasteiger charge is 2.15. The maximum atomic E-state index is 13.2. The smallest absolute Gasteiger partial charge is 0.423 e. The Morgan fingerprint density at radius 1 is 1.50 bits per heavy atom. The minimum absolute atomic E-state index is 0.0168. The molecule has 14 heavy (non-hydrogen) atoms. The van der Waals surface area contributed by atoms with Crippen molar-refractivity contribution in [1.29, 1.82) is 0 Å². The molecule has 3 nitrogen and oxygen atoms in total. The van der Waals surface area contributed by atoms with E-state index in [1.54, 1.807) is 6.92 Å². The van der Waals surface area contributed by atoms with Crippen LogP contribution in [-0.2, 0) is 0 Å². The van der Waals surface area contributed by atoms with Crippen LogP contribution < -0.4 is 5.46 Å². The second-order valence-corrected chi connectivity index (χ2v) is 2.89. The van der Waals surface area contributed by atoms with Crippen molar-refractivity contribution in [2.45, 2.75) is 13.3 Å². The zero-order valence-electron chi connectivity index (χ0n) is 7.70. The molecule has 0 saturated carbocycles. The van der Waals surface area contributed by atoms with E-state index in [9.17, 15) is 9.18 Å². The maximum Gasteiger partial charge on any atom is 0.488 e. The summed E-state index contributed by atoms with van der Waals surface area (Å²) < 4.78 is 13.2. The predicted molar refractivity (Wildman–Crippen MR) is 50.8 cm³/mol. The van der Waals surface area contributed by atoms with Crippen molar-refractivity contribution >= 4 is 18.4 Å². The third-order valence-corrected chi connectivity index (χ3v) is 1.91. The zero-order chi connectivity index (χ0) is 10.7. The third kappa shape index (κ3) is 2.18. The van der Waals surface area contributed by atoms with Crippen LogP contribution in [0.1, 0.15) is 23.7 Å². The van der Waals surface area contributed by atoms with Crippen LogP contribution >= 0.6 is 0 Å². The van der Waals surface area contributed by atoms with Crippen LogP contribution in [0.25, 0.3) is 0 Å². The van der Waals surface area contributed by atoms with Crippen LogP contribution in [-0.4, -0.2) is 22.9 Å². The number of Topliss-reactive ketones (excluding diaryl/α,β-unsaturated/α-hetero) is 1. The molecule has 0 amide bonds. The monoisotopic (exact) mass is 196 g/mol. The Bertz CT molecular complexity index is 352. The molecule has 0 aromatic heterocycles. The van der Waals surface area contributed by atoms with E-state index in [0.29, 0.717) is 0 Å². The molecule has 0 heterocycles. The minimum atomic E-state index is -1.71. The van der Waals surface area contributed by atoms with Crippen molar-refractivity contribution in [2.75, 3.05) is 0 Å². The van der Waals surface area contributed by atoms with Gasteiger partial charge in [0.1, 0.15) is 5.82 Å². The first-order valence-corrected chi connectivity index (χ1v) is 4.25. The van der Waals surface area contributed by atoms with E-state index in [4.69, 9.17) is 10.0 Å². The van der Waals surface area contributed by atoms with E-state index in [1.165, 1.54) is 12.1 Å². The average molecular weight is 196 g/mol. The Balaban J connectivity index is 3.07. The SMILES string of the molecule is CCC(=O)c1ccc(B(O)O)cc1F. The Kier molecular flexibility index (Phi) is 3.38. The molecule has 1 aromatic rings. The molecular weight excluding hydrogens is 186 g/mol. The molecule has 2 N–H and O–H groups in total. The Hall–Kier alpha value is -1.20. The molecule has 0 aliphatic heterocycles. The molecule has 1 rings (SSSR count). The summed E-state index contributed by atoms with van der Waals surface area (Å²) in [5.74, 6) is -1.02. The summed E-state index contributed by atoms with van der Waals surface area (Å²) in [6.07, 6.45) is 0.220. The molecule has 0 fully saturated rings. The fraction of sp³-hybridized carbons (Fsp3) is 0.222. The Morgan fingerprint density at radius 2 is 2.14 bits per heavy atom. The Labute approximate surface area is 81.3 Å². The van der Waals surface area contributed by atoms with E-state index < -0.39 is 12.9 Å². The van der Waals surface area contributed by atoms with Crippen molar-refractivity contribution in [3.05, 3.63) is 29.6 Å². The number of carbonyl (C=O) groups excluding carboxylic acids is 1. The standard InChI is InChI=1S/C9H10BFO3/c1-2-9(12)7-4-3-6(10(13)14)5-8(7)11/h3-5,13-14H,2H2,1H3. The fourth-order valence-electron chi connectivity index (χ4n) is 1.11. The van der Waals surface area contributed by atoms with E-state index >= 15 is 0 Å². The zero-order valence-corrected chi connectivity index (χ0v) is 7.70. The number of benzene rings is 1. The van der Waals surface area contributed by atoms with Crippen LogP contribution in [0.4, 0.5) is 4.39 Å². The lowest BCUT2D eigenvalue weighted by atomic mass is 9.79. The van der Waals surface area contributed by atoms with Gasteiger partial charge in [0.2, 0.25) is 0 Å². The molecule has 74 valence electrons. The molecule has 0 saturated heterocycles. The number of halogens is 1. The summed E-state index contributed by atoms with van der Waals surface area (Å²) in [7, 11) is -1.71. The first kappa shape index (κ1) is 10.9. The summed E-state index contributed by atoms with van der Waals surface area (Å²) in [6.45, 7) is 1.64. The number of hydrogen-bond donors (Lipinski definition) is 2. The van der Waals surface area contributed by atoms with Gasteiger partial charge in [0.05, 0.1) is 5.56 Å². The van der Waals surface area contributed by atoms with Gasteiger partial charge in [-0.05, 0) is 17.6 Å². The van der Waals surface area contributed by atoms with Gasteiger partial charge in [0.25, 0.3) is 0 Å². The predicted octanol–water partition coefficient (Wildman–Crippen LogP) is 0.0982. The van der Waals surface area contributed by atoms with Gasteiger partial charge >= 0.3 is 7.12 Å². The van der Waals surface area contributed by atoms with Crippen molar-refractivity contribution < 1.29 is 19.2 Å². The van der Waals surface area contributed by atoms with Gasteiger partial charge in [0, 0.05) is 6.42 Å². The topological polar surface area (TPSA) is 57.5 Å². The van der Waals surface area contributed by atoms with Gasteiger partial charge in [-0.15, -0.1) is 0 Å². The second kappa shape index (κ2) is 4.35. The molecule has 0 aliphatic carbocycles. The summed E-state index contributed by atoms with van der Waals surface area (Å²) in [5, 5.41) is 17.5. The molecular formula is C9H10BFO3. The van der Waals surface area contributed by atoms with Gasteiger partial charge < -0.3 is 10.0 Å². The summed E-state index contributed by atoms with van der Waals surface area (Å²) in [4.78, 5) is 11.2. The van der Waals surface area contributed by atoms with Crippen molar-refractivity contribution in [3.8, 4) is 0 Å². The molecule has 1 aromatic carbocycles. The van der Waals surface area contributed by atoms with Crippen molar-refractivity contribution in [1.82, 2.24) is 0 Å². The first-order chi connectivity index (χ1) is 6.56. The van der Waals surface area contributed by atoms with Gasteiger partial charge in [-0.3, -0.25) is 4.79 Å². The van der Waals surface area contributed by atoms with Crippen molar-refractivity contribution in [2.24, 2.45) is 0 Å². The highest BCUT2D eigenvalue weighted by atomic mass is 19.1. The minimum Gasteiger partial charge on any atom is -0.423 e. The quantitative estimate of drug-likeness (QED) is 0.532. The molecule has 0 bridgehead atoms. The number of carbonyl (C=O) groups is 1. The van der Waals surface area contributed by atoms with Crippen LogP contribution in [0.3, 0.4) is 0 Å². The highest BCUT2D eigenvalue weighted by molar-refractivity contribution is 6.58. The molecule has 0 unspecified atom stereocenters. The molecule has 0 aliphatic rings. The van der Waals surface area contributed by atoms with Crippen LogP contribution in [0.2, 0.25) is 0 Å². The van der Waals surface area contributed by atoms with E-state index in [-0.39, 0.29) is 23.2 Å². The van der Waals surface area contributed by atoms with Crippen LogP contribution in [0, 0.1) is 5.82 Å². The molecule has 5 heteroatoms. The van der Waals surface area contributed by atoms with Crippen molar-refractivity contribution in [3.63, 3.8) is 0 Å². The average Bonchev–Trinajstić information content (AvgIpc) is 2.16. The highest BCUT2D eigenvalue weighted by Crippen LogP contribution is 2.07. The molecule has 0 radical (unpaired) electrons. The molecule has 0 spiro atoms. The fourth-order valence-corrected chi connectivity index (χ4v) is 1.11. The second-order valence-electron chi connectivity index (χ2n) is 2.89. The summed E-state index contributed by atoms with van der Waals surface area (Å²) in [5.41, 5.74) is 0.0204. The van der Waals surface area contributed by atoms with Gasteiger partial charge in [-0.1, -0.05) is 13.0 Å². The normalized spacial score (nSPS) is 10.0.